The van der Waals surface area contributed by atoms with E-state index in [0.717, 1.165) is 62.9 Å². The monoisotopic (exact) mass is 703 g/mol. The van der Waals surface area contributed by atoms with E-state index < -0.39 is 23.8 Å². The number of imidazole rings is 1. The zero-order valence-corrected chi connectivity index (χ0v) is 28.5. The van der Waals surface area contributed by atoms with E-state index in [1.165, 1.54) is 0 Å². The average molecular weight is 704 g/mol. The van der Waals surface area contributed by atoms with Crippen molar-refractivity contribution < 1.29 is 19.2 Å². The van der Waals surface area contributed by atoms with Crippen LogP contribution in [0.15, 0.2) is 103 Å². The molecule has 13 heteroatoms. The van der Waals surface area contributed by atoms with Crippen LogP contribution < -0.4 is 16.4 Å². The molecule has 6 aromatic rings. The van der Waals surface area contributed by atoms with Crippen LogP contribution in [0.2, 0.25) is 0 Å². The third-order valence-corrected chi connectivity index (χ3v) is 10.4. The number of hydrogen-bond donors (Lipinski definition) is 3. The Balaban J connectivity index is 1.00. The van der Waals surface area contributed by atoms with Gasteiger partial charge in [0.15, 0.2) is 11.5 Å². The number of carbonyl (C=O) groups is 4. The number of amides is 5. The first-order valence-electron chi connectivity index (χ1n) is 17.4. The summed E-state index contributed by atoms with van der Waals surface area (Å²) in [6.45, 7) is 0.408. The van der Waals surface area contributed by atoms with Gasteiger partial charge in [0.25, 0.3) is 11.8 Å². The lowest BCUT2D eigenvalue weighted by Crippen LogP contribution is -2.58. The second-order valence-corrected chi connectivity index (χ2v) is 13.5. The molecule has 4 N–H and O–H groups in total. The molecule has 53 heavy (non-hydrogen) atoms. The van der Waals surface area contributed by atoms with Crippen molar-refractivity contribution in [3.8, 4) is 28.3 Å². The Morgan fingerprint density at radius 3 is 2.34 bits per heavy atom. The summed E-state index contributed by atoms with van der Waals surface area (Å²) in [4.78, 5) is 64.9. The maximum Gasteiger partial charge on any atom is 0.343 e. The van der Waals surface area contributed by atoms with E-state index in [1.54, 1.807) is 18.3 Å². The second-order valence-electron chi connectivity index (χ2n) is 13.5. The third-order valence-electron chi connectivity index (χ3n) is 10.4. The van der Waals surface area contributed by atoms with E-state index in [1.807, 2.05) is 65.2 Å². The minimum atomic E-state index is -0.789. The Labute approximate surface area is 303 Å². The van der Waals surface area contributed by atoms with Gasteiger partial charge in [0.1, 0.15) is 11.3 Å². The van der Waals surface area contributed by atoms with Gasteiger partial charge >= 0.3 is 6.03 Å². The number of anilines is 1. The predicted molar refractivity (Wildman–Crippen MR) is 196 cm³/mol. The lowest BCUT2D eigenvalue weighted by atomic mass is 9.71. The molecule has 1 saturated carbocycles. The molecule has 3 aromatic heterocycles. The topological polar surface area (TPSA) is 168 Å². The number of hydrazine groups is 1. The number of aromatic nitrogens is 4. The number of fused-ring (bicyclic) bond motifs is 2. The molecule has 13 nitrogen and oxygen atoms in total. The maximum atomic E-state index is 13.4. The second kappa shape index (κ2) is 12.5. The van der Waals surface area contributed by atoms with Crippen molar-refractivity contribution in [3.63, 3.8) is 0 Å². The maximum absolute atomic E-state index is 13.4. The van der Waals surface area contributed by atoms with Gasteiger partial charge in [-0.2, -0.15) is 5.01 Å². The van der Waals surface area contributed by atoms with Gasteiger partial charge in [-0.3, -0.25) is 24.3 Å². The number of nitrogen functional groups attached to an aromatic ring is 1. The van der Waals surface area contributed by atoms with Gasteiger partial charge in [-0.1, -0.05) is 48.5 Å². The Hall–Kier alpha value is -6.73. The van der Waals surface area contributed by atoms with Gasteiger partial charge in [-0.15, -0.1) is 0 Å². The van der Waals surface area contributed by atoms with E-state index in [-0.39, 0.29) is 29.6 Å². The third kappa shape index (κ3) is 5.40. The smallest absolute Gasteiger partial charge is 0.343 e. The standard InChI is InChI=1S/C40H33N9O4/c41-34-29(8-4-20-42-34)35-45-32-16-15-31(25-6-2-1-3-7-25)44-36(32)48(35)27-12-10-26(11-13-27)40(18-5-19-40)43-23-24-9-14-28-30(22-24)38(52)49(37(28)51)47-21-17-33(50)46-39(47)53/h1-4,6-16,20,22,43H,5,17-19,21,23H2,(H2,41,42)(H,46,50,53). The Morgan fingerprint density at radius 2 is 1.60 bits per heavy atom. The fourth-order valence-corrected chi connectivity index (χ4v) is 7.41. The highest BCUT2D eigenvalue weighted by molar-refractivity contribution is 6.22. The summed E-state index contributed by atoms with van der Waals surface area (Å²) in [5, 5.41) is 7.74. The molecule has 1 aliphatic carbocycles. The molecule has 0 spiro atoms. The van der Waals surface area contributed by atoms with Crippen molar-refractivity contribution in [2.24, 2.45) is 0 Å². The van der Waals surface area contributed by atoms with E-state index in [2.05, 4.69) is 39.9 Å². The van der Waals surface area contributed by atoms with Gasteiger partial charge < -0.3 is 11.1 Å². The molecule has 0 atom stereocenters. The van der Waals surface area contributed by atoms with Crippen LogP contribution in [0.3, 0.4) is 0 Å². The van der Waals surface area contributed by atoms with Gasteiger partial charge in [-0.05, 0) is 78.9 Å². The van der Waals surface area contributed by atoms with Crippen LogP contribution >= 0.6 is 0 Å². The highest BCUT2D eigenvalue weighted by Crippen LogP contribution is 2.42. The molecule has 3 aliphatic rings. The Morgan fingerprint density at radius 1 is 0.811 bits per heavy atom. The van der Waals surface area contributed by atoms with Crippen LogP contribution in [-0.4, -0.2) is 59.8 Å². The summed E-state index contributed by atoms with van der Waals surface area (Å²) < 4.78 is 2.03. The molecule has 0 radical (unpaired) electrons. The Bertz CT molecular complexity index is 2470. The molecule has 3 aromatic carbocycles. The molecule has 262 valence electrons. The normalized spacial score (nSPS) is 16.5. The van der Waals surface area contributed by atoms with Crippen LogP contribution in [-0.2, 0) is 16.9 Å². The number of benzene rings is 3. The van der Waals surface area contributed by atoms with E-state index in [0.29, 0.717) is 29.4 Å². The van der Waals surface area contributed by atoms with E-state index in [9.17, 15) is 19.2 Å². The average Bonchev–Trinajstić information content (AvgIpc) is 3.65. The Kier molecular flexibility index (Phi) is 7.59. The highest BCUT2D eigenvalue weighted by Gasteiger charge is 2.43. The number of nitrogens with one attached hydrogen (secondary N) is 2. The minimum absolute atomic E-state index is 0.00265. The molecule has 5 heterocycles. The van der Waals surface area contributed by atoms with Crippen molar-refractivity contribution in [1.29, 1.82) is 0 Å². The van der Waals surface area contributed by atoms with Crippen molar-refractivity contribution in [3.05, 3.63) is 126 Å². The molecular weight excluding hydrogens is 670 g/mol. The van der Waals surface area contributed by atoms with Crippen LogP contribution in [0, 0.1) is 0 Å². The first-order valence-corrected chi connectivity index (χ1v) is 17.4. The fourth-order valence-electron chi connectivity index (χ4n) is 7.41. The lowest BCUT2D eigenvalue weighted by molar-refractivity contribution is -0.122. The zero-order valence-electron chi connectivity index (χ0n) is 28.5. The molecule has 0 unspecified atom stereocenters. The van der Waals surface area contributed by atoms with Crippen LogP contribution in [0.5, 0.6) is 0 Å². The summed E-state index contributed by atoms with van der Waals surface area (Å²) >= 11 is 0. The number of imide groups is 2. The van der Waals surface area contributed by atoms with Crippen LogP contribution in [0.1, 0.15) is 57.5 Å². The molecule has 0 bridgehead atoms. The van der Waals surface area contributed by atoms with Crippen molar-refractivity contribution >= 4 is 40.7 Å². The van der Waals surface area contributed by atoms with Crippen LogP contribution in [0.4, 0.5) is 10.6 Å². The van der Waals surface area contributed by atoms with Gasteiger partial charge in [-0.25, -0.2) is 24.8 Å². The summed E-state index contributed by atoms with van der Waals surface area (Å²) in [5.74, 6) is -0.600. The first kappa shape index (κ1) is 32.2. The molecule has 1 saturated heterocycles. The number of nitrogens with two attached hydrogens (primary N) is 1. The molecule has 5 amide bonds. The van der Waals surface area contributed by atoms with Crippen molar-refractivity contribution in [2.75, 3.05) is 12.3 Å². The van der Waals surface area contributed by atoms with Crippen molar-refractivity contribution in [1.82, 2.24) is 40.2 Å². The number of pyridine rings is 2. The van der Waals surface area contributed by atoms with Gasteiger partial charge in [0.2, 0.25) is 5.91 Å². The van der Waals surface area contributed by atoms with E-state index >= 15 is 0 Å². The van der Waals surface area contributed by atoms with Gasteiger partial charge in [0.05, 0.1) is 28.9 Å². The van der Waals surface area contributed by atoms with Crippen LogP contribution in [0.25, 0.3) is 39.5 Å². The number of urea groups is 1. The summed E-state index contributed by atoms with van der Waals surface area (Å²) in [6, 6.07) is 30.5. The molecule has 2 fully saturated rings. The van der Waals surface area contributed by atoms with Gasteiger partial charge in [0, 0.05) is 36.0 Å². The minimum Gasteiger partial charge on any atom is -0.383 e. The zero-order chi connectivity index (χ0) is 36.3. The van der Waals surface area contributed by atoms with Crippen molar-refractivity contribution in [2.45, 2.75) is 37.8 Å². The predicted octanol–water partition coefficient (Wildman–Crippen LogP) is 5.35. The largest absolute Gasteiger partial charge is 0.383 e. The lowest BCUT2D eigenvalue weighted by Gasteiger charge is -2.43. The summed E-state index contributed by atoms with van der Waals surface area (Å²) in [5.41, 5.74) is 13.3. The molecule has 2 aliphatic heterocycles. The SMILES string of the molecule is Nc1ncccc1-c1nc2ccc(-c3ccccc3)nc2n1-c1ccc(C2(NCc3ccc4c(c3)C(=O)N(N3CCC(=O)NC3=O)C4=O)CCC2)cc1. The number of nitrogens with zero attached hydrogens (tertiary/aromatic N) is 6. The first-order chi connectivity index (χ1) is 25.8. The molecular formula is C40H33N9O4. The molecule has 9 rings (SSSR count). The quantitative estimate of drug-likeness (QED) is 0.177. The fraction of sp³-hybridized carbons (Fsp3) is 0.175. The summed E-state index contributed by atoms with van der Waals surface area (Å²) in [7, 11) is 0. The number of hydrogen-bond acceptors (Lipinski definition) is 9. The van der Waals surface area contributed by atoms with E-state index in [4.69, 9.17) is 15.7 Å². The highest BCUT2D eigenvalue weighted by atomic mass is 16.2. The summed E-state index contributed by atoms with van der Waals surface area (Å²) in [6.07, 6.45) is 4.58. The number of rotatable bonds is 8. The number of carbonyl (C=O) groups excluding carboxylic acids is 4.